The van der Waals surface area contributed by atoms with Gasteiger partial charge in [-0.15, -0.1) is 0 Å². The first-order valence-corrected chi connectivity index (χ1v) is 5.47. The third kappa shape index (κ3) is 2.96. The van der Waals surface area contributed by atoms with Crippen molar-refractivity contribution in [1.82, 2.24) is 4.98 Å². The number of aliphatic hydroxyl groups excluding tert-OH is 1. The van der Waals surface area contributed by atoms with Crippen LogP contribution < -0.4 is 5.32 Å². The molecule has 0 aliphatic heterocycles. The van der Waals surface area contributed by atoms with Crippen LogP contribution in [0.5, 0.6) is 0 Å². The van der Waals surface area contributed by atoms with Gasteiger partial charge in [0.2, 0.25) is 0 Å². The van der Waals surface area contributed by atoms with Gasteiger partial charge < -0.3 is 10.4 Å². The van der Waals surface area contributed by atoms with Gasteiger partial charge in [0.05, 0.1) is 18.3 Å². The van der Waals surface area contributed by atoms with Crippen molar-refractivity contribution in [2.45, 2.75) is 26.3 Å². The number of anilines is 1. The van der Waals surface area contributed by atoms with Crippen LogP contribution in [0.15, 0.2) is 16.6 Å². The van der Waals surface area contributed by atoms with Gasteiger partial charge in [-0.25, -0.2) is 4.98 Å². The highest BCUT2D eigenvalue weighted by Crippen LogP contribution is 2.16. The largest absolute Gasteiger partial charge is 0.394 e. The van der Waals surface area contributed by atoms with Crippen molar-refractivity contribution >= 4 is 21.7 Å². The third-order valence-electron chi connectivity index (χ3n) is 2.09. The number of aryl methyl sites for hydroxylation is 1. The lowest BCUT2D eigenvalue weighted by molar-refractivity contribution is 0.271. The maximum Gasteiger partial charge on any atom is 0.126 e. The summed E-state index contributed by atoms with van der Waals surface area (Å²) in [5.74, 6) is 0.812. The van der Waals surface area contributed by atoms with Crippen molar-refractivity contribution < 1.29 is 5.11 Å². The van der Waals surface area contributed by atoms with E-state index in [4.69, 9.17) is 5.11 Å². The number of hydrogen-bond donors (Lipinski definition) is 2. The molecule has 0 fully saturated rings. The molecule has 1 aromatic rings. The fourth-order valence-corrected chi connectivity index (χ4v) is 1.33. The zero-order valence-corrected chi connectivity index (χ0v) is 10.0. The van der Waals surface area contributed by atoms with Crippen LogP contribution in [0.3, 0.4) is 0 Å². The highest BCUT2D eigenvalue weighted by atomic mass is 79.9. The number of aromatic nitrogens is 1. The predicted molar refractivity (Wildman–Crippen MR) is 61.5 cm³/mol. The Labute approximate surface area is 92.7 Å². The standard InChI is InChI=1S/C10H15BrN2O/c1-3-8(6-14)13-10-5-4-9(11)7(2)12-10/h4-5,8,14H,3,6H2,1-2H3,(H,12,13)/t8-/m0/s1. The molecule has 0 aliphatic carbocycles. The summed E-state index contributed by atoms with van der Waals surface area (Å²) in [6.07, 6.45) is 0.882. The first kappa shape index (κ1) is 11.5. The molecule has 1 rings (SSSR count). The maximum absolute atomic E-state index is 9.01. The molecule has 78 valence electrons. The van der Waals surface area contributed by atoms with Gasteiger partial charge in [-0.3, -0.25) is 0 Å². The number of nitrogens with one attached hydrogen (secondary N) is 1. The number of aliphatic hydroxyl groups is 1. The van der Waals surface area contributed by atoms with E-state index in [0.717, 1.165) is 22.4 Å². The number of nitrogens with zero attached hydrogens (tertiary/aromatic N) is 1. The summed E-state index contributed by atoms with van der Waals surface area (Å²) < 4.78 is 1.00. The van der Waals surface area contributed by atoms with Gasteiger partial charge in [-0.05, 0) is 41.4 Å². The van der Waals surface area contributed by atoms with Crippen LogP contribution in [-0.2, 0) is 0 Å². The maximum atomic E-state index is 9.01. The zero-order valence-electron chi connectivity index (χ0n) is 8.42. The molecule has 14 heavy (non-hydrogen) atoms. The molecule has 1 atom stereocenters. The molecule has 1 aromatic heterocycles. The smallest absolute Gasteiger partial charge is 0.126 e. The van der Waals surface area contributed by atoms with E-state index in [2.05, 4.69) is 26.2 Å². The lowest BCUT2D eigenvalue weighted by Crippen LogP contribution is -2.23. The van der Waals surface area contributed by atoms with Gasteiger partial charge in [0.15, 0.2) is 0 Å². The molecule has 0 saturated heterocycles. The quantitative estimate of drug-likeness (QED) is 0.872. The van der Waals surface area contributed by atoms with Crippen LogP contribution in [0.1, 0.15) is 19.0 Å². The fraction of sp³-hybridized carbons (Fsp3) is 0.500. The van der Waals surface area contributed by atoms with Crippen LogP contribution in [0.25, 0.3) is 0 Å². The Balaban J connectivity index is 2.72. The predicted octanol–water partition coefficient (Wildman–Crippen LogP) is 2.34. The van der Waals surface area contributed by atoms with Crippen LogP contribution in [-0.4, -0.2) is 22.7 Å². The van der Waals surface area contributed by atoms with Gasteiger partial charge in [0, 0.05) is 4.47 Å². The number of rotatable bonds is 4. The molecular formula is C10H15BrN2O. The second kappa shape index (κ2) is 5.32. The van der Waals surface area contributed by atoms with Crippen molar-refractivity contribution in [3.63, 3.8) is 0 Å². The molecule has 3 nitrogen and oxygen atoms in total. The molecule has 2 N–H and O–H groups in total. The second-order valence-corrected chi connectivity index (χ2v) is 4.05. The van der Waals surface area contributed by atoms with Crippen molar-refractivity contribution in [2.24, 2.45) is 0 Å². The number of halogens is 1. The number of pyridine rings is 1. The molecule has 0 bridgehead atoms. The van der Waals surface area contributed by atoms with E-state index in [-0.39, 0.29) is 12.6 Å². The van der Waals surface area contributed by atoms with Gasteiger partial charge in [0.25, 0.3) is 0 Å². The average Bonchev–Trinajstić information content (AvgIpc) is 2.19. The van der Waals surface area contributed by atoms with E-state index < -0.39 is 0 Å². The minimum atomic E-state index is 0.0862. The van der Waals surface area contributed by atoms with Crippen molar-refractivity contribution in [3.8, 4) is 0 Å². The first-order chi connectivity index (χ1) is 6.67. The van der Waals surface area contributed by atoms with Gasteiger partial charge in [-0.2, -0.15) is 0 Å². The third-order valence-corrected chi connectivity index (χ3v) is 2.92. The molecule has 0 radical (unpaired) electrons. The Kier molecular flexibility index (Phi) is 4.35. The fourth-order valence-electron chi connectivity index (χ4n) is 1.11. The minimum absolute atomic E-state index is 0.0862. The van der Waals surface area contributed by atoms with Crippen molar-refractivity contribution in [1.29, 1.82) is 0 Å². The van der Waals surface area contributed by atoms with Gasteiger partial charge >= 0.3 is 0 Å². The Morgan fingerprint density at radius 1 is 1.57 bits per heavy atom. The molecule has 0 spiro atoms. The summed E-state index contributed by atoms with van der Waals surface area (Å²) in [6.45, 7) is 4.10. The molecule has 0 unspecified atom stereocenters. The van der Waals surface area contributed by atoms with E-state index in [1.165, 1.54) is 0 Å². The first-order valence-electron chi connectivity index (χ1n) is 4.68. The average molecular weight is 259 g/mol. The van der Waals surface area contributed by atoms with Crippen molar-refractivity contribution in [2.75, 3.05) is 11.9 Å². The number of hydrogen-bond acceptors (Lipinski definition) is 3. The molecular weight excluding hydrogens is 244 g/mol. The van der Waals surface area contributed by atoms with Gasteiger partial charge in [0.1, 0.15) is 5.82 Å². The molecule has 0 amide bonds. The molecule has 0 aromatic carbocycles. The van der Waals surface area contributed by atoms with E-state index >= 15 is 0 Å². The van der Waals surface area contributed by atoms with E-state index in [0.29, 0.717) is 0 Å². The van der Waals surface area contributed by atoms with E-state index in [9.17, 15) is 0 Å². The molecule has 0 aliphatic rings. The summed E-state index contributed by atoms with van der Waals surface area (Å²) in [6, 6.07) is 3.94. The van der Waals surface area contributed by atoms with Crippen LogP contribution in [0, 0.1) is 6.92 Å². The molecule has 1 heterocycles. The second-order valence-electron chi connectivity index (χ2n) is 3.20. The highest BCUT2D eigenvalue weighted by Gasteiger charge is 2.05. The van der Waals surface area contributed by atoms with E-state index in [1.807, 2.05) is 26.0 Å². The Hall–Kier alpha value is -0.610. The topological polar surface area (TPSA) is 45.1 Å². The SMILES string of the molecule is CC[C@@H](CO)Nc1ccc(Br)c(C)n1. The summed E-state index contributed by atoms with van der Waals surface area (Å²) in [4.78, 5) is 4.34. The summed E-state index contributed by atoms with van der Waals surface area (Å²) in [5, 5.41) is 12.2. The van der Waals surface area contributed by atoms with Crippen LogP contribution in [0.4, 0.5) is 5.82 Å². The molecule has 0 saturated carbocycles. The normalized spacial score (nSPS) is 12.6. The highest BCUT2D eigenvalue weighted by molar-refractivity contribution is 9.10. The van der Waals surface area contributed by atoms with Gasteiger partial charge in [-0.1, -0.05) is 6.92 Å². The monoisotopic (exact) mass is 258 g/mol. The summed E-state index contributed by atoms with van der Waals surface area (Å²) in [7, 11) is 0. The lowest BCUT2D eigenvalue weighted by Gasteiger charge is -2.15. The lowest BCUT2D eigenvalue weighted by atomic mass is 10.2. The van der Waals surface area contributed by atoms with Crippen molar-refractivity contribution in [3.05, 3.63) is 22.3 Å². The van der Waals surface area contributed by atoms with E-state index in [1.54, 1.807) is 0 Å². The Morgan fingerprint density at radius 2 is 2.29 bits per heavy atom. The summed E-state index contributed by atoms with van der Waals surface area (Å²) >= 11 is 3.39. The minimum Gasteiger partial charge on any atom is -0.394 e. The zero-order chi connectivity index (χ0) is 10.6. The molecule has 4 heteroatoms. The summed E-state index contributed by atoms with van der Waals surface area (Å²) in [5.41, 5.74) is 0.947. The Bertz CT molecular complexity index is 300. The Morgan fingerprint density at radius 3 is 2.79 bits per heavy atom. The van der Waals surface area contributed by atoms with Crippen LogP contribution in [0.2, 0.25) is 0 Å². The van der Waals surface area contributed by atoms with Crippen LogP contribution >= 0.6 is 15.9 Å².